The Hall–Kier alpha value is -1.35. The number of carbonyl (C=O) groups excluding carboxylic acids is 1. The first-order valence-corrected chi connectivity index (χ1v) is 6.56. The molecule has 1 amide bonds. The van der Waals surface area contributed by atoms with Crippen molar-refractivity contribution in [2.75, 3.05) is 33.4 Å². The molecule has 9 heteroatoms. The van der Waals surface area contributed by atoms with E-state index in [4.69, 9.17) is 9.84 Å². The minimum atomic E-state index is -4.68. The van der Waals surface area contributed by atoms with Crippen molar-refractivity contribution in [3.8, 4) is 0 Å². The summed E-state index contributed by atoms with van der Waals surface area (Å²) in [6, 6.07) is -0.880. The van der Waals surface area contributed by atoms with Crippen LogP contribution in [0.1, 0.15) is 6.42 Å². The summed E-state index contributed by atoms with van der Waals surface area (Å²) in [5.41, 5.74) is -2.48. The Bertz CT molecular complexity index is 435. The van der Waals surface area contributed by atoms with E-state index in [0.29, 0.717) is 0 Å². The minimum Gasteiger partial charge on any atom is -0.481 e. The van der Waals surface area contributed by atoms with Crippen LogP contribution in [0, 0.1) is 11.3 Å². The Labute approximate surface area is 119 Å². The molecule has 2 N–H and O–H groups in total. The Morgan fingerprint density at radius 3 is 2.52 bits per heavy atom. The van der Waals surface area contributed by atoms with Crippen LogP contribution in [0.5, 0.6) is 0 Å². The largest absolute Gasteiger partial charge is 0.481 e. The molecular weight excluding hydrogens is 293 g/mol. The molecule has 2 saturated heterocycles. The molecular formula is C12H17F3N2O4. The van der Waals surface area contributed by atoms with Gasteiger partial charge in [-0.05, 0) is 13.0 Å². The van der Waals surface area contributed by atoms with E-state index in [0.717, 1.165) is 4.90 Å². The van der Waals surface area contributed by atoms with Gasteiger partial charge in [-0.25, -0.2) is 0 Å². The average Bonchev–Trinajstić information content (AvgIpc) is 3.05. The van der Waals surface area contributed by atoms with Crippen molar-refractivity contribution < 1.29 is 32.6 Å². The normalized spacial score (nSPS) is 33.1. The Morgan fingerprint density at radius 2 is 2.05 bits per heavy atom. The molecule has 0 aromatic heterocycles. The second kappa shape index (κ2) is 5.45. The zero-order valence-corrected chi connectivity index (χ0v) is 11.4. The summed E-state index contributed by atoms with van der Waals surface area (Å²) in [5, 5.41) is 11.6. The lowest BCUT2D eigenvalue weighted by molar-refractivity contribution is -0.222. The average molecular weight is 310 g/mol. The lowest BCUT2D eigenvalue weighted by Gasteiger charge is -2.36. The van der Waals surface area contributed by atoms with E-state index < -0.39 is 42.0 Å². The monoisotopic (exact) mass is 310 g/mol. The molecule has 3 atom stereocenters. The summed E-state index contributed by atoms with van der Waals surface area (Å²) in [7, 11) is 1.21. The van der Waals surface area contributed by atoms with Crippen molar-refractivity contribution >= 4 is 11.9 Å². The van der Waals surface area contributed by atoms with E-state index in [1.54, 1.807) is 0 Å². The van der Waals surface area contributed by atoms with Gasteiger partial charge < -0.3 is 20.1 Å². The van der Waals surface area contributed by atoms with Crippen LogP contribution in [-0.4, -0.2) is 67.5 Å². The first-order valence-electron chi connectivity index (χ1n) is 6.56. The van der Waals surface area contributed by atoms with Crippen molar-refractivity contribution in [1.29, 1.82) is 0 Å². The van der Waals surface area contributed by atoms with Crippen LogP contribution in [0.15, 0.2) is 0 Å². The van der Waals surface area contributed by atoms with Gasteiger partial charge in [-0.3, -0.25) is 9.59 Å². The predicted molar refractivity (Wildman–Crippen MR) is 64.5 cm³/mol. The molecule has 2 aliphatic heterocycles. The van der Waals surface area contributed by atoms with E-state index in [-0.39, 0.29) is 26.2 Å². The number of carbonyl (C=O) groups is 2. The summed E-state index contributed by atoms with van der Waals surface area (Å²) in [6.45, 7) is -0.553. The summed E-state index contributed by atoms with van der Waals surface area (Å²) < 4.78 is 45.0. The second-order valence-electron chi connectivity index (χ2n) is 5.47. The quantitative estimate of drug-likeness (QED) is 0.772. The van der Waals surface area contributed by atoms with E-state index >= 15 is 0 Å². The fourth-order valence-corrected chi connectivity index (χ4v) is 2.89. The van der Waals surface area contributed by atoms with Crippen molar-refractivity contribution in [2.45, 2.75) is 18.6 Å². The number of hydrogen-bond donors (Lipinski definition) is 2. The molecule has 0 spiro atoms. The molecule has 0 aromatic carbocycles. The maximum absolute atomic E-state index is 13.3. The topological polar surface area (TPSA) is 78.9 Å². The number of ether oxygens (including phenoxy) is 1. The fraction of sp³-hybridized carbons (Fsp3) is 0.833. The molecule has 21 heavy (non-hydrogen) atoms. The molecule has 0 aliphatic carbocycles. The maximum Gasteiger partial charge on any atom is 0.404 e. The van der Waals surface area contributed by atoms with E-state index in [1.807, 2.05) is 0 Å². The molecule has 0 radical (unpaired) electrons. The van der Waals surface area contributed by atoms with E-state index in [2.05, 4.69) is 5.32 Å². The lowest BCUT2D eigenvalue weighted by atomic mass is 9.83. The van der Waals surface area contributed by atoms with E-state index in [9.17, 15) is 22.8 Å². The molecule has 0 saturated carbocycles. The van der Waals surface area contributed by atoms with Gasteiger partial charge in [-0.2, -0.15) is 13.2 Å². The van der Waals surface area contributed by atoms with Crippen molar-refractivity contribution in [2.24, 2.45) is 11.3 Å². The number of amides is 1. The Kier molecular flexibility index (Phi) is 4.16. The molecule has 2 aliphatic rings. The molecule has 6 nitrogen and oxygen atoms in total. The number of carboxylic acid groups (broad SMARTS) is 1. The SMILES string of the molecule is CN(C(=O)C1(C(F)(F)F)CCNC1)C1COCC1C(=O)O. The number of rotatable bonds is 3. The summed E-state index contributed by atoms with van der Waals surface area (Å²) >= 11 is 0. The van der Waals surface area contributed by atoms with Crippen LogP contribution in [0.2, 0.25) is 0 Å². The van der Waals surface area contributed by atoms with Crippen molar-refractivity contribution in [1.82, 2.24) is 10.2 Å². The molecule has 3 unspecified atom stereocenters. The van der Waals surface area contributed by atoms with Crippen LogP contribution >= 0.6 is 0 Å². The van der Waals surface area contributed by atoms with Gasteiger partial charge in [0.1, 0.15) is 5.92 Å². The van der Waals surface area contributed by atoms with Gasteiger partial charge in [-0.1, -0.05) is 0 Å². The number of aliphatic carboxylic acids is 1. The minimum absolute atomic E-state index is 0.0689. The third-order valence-corrected chi connectivity index (χ3v) is 4.29. The zero-order valence-electron chi connectivity index (χ0n) is 11.4. The standard InChI is InChI=1S/C12H17F3N2O4/c1-17(8-5-21-4-7(8)9(18)19)10(20)11(12(13,14)15)2-3-16-6-11/h7-8,16H,2-6H2,1H3,(H,18,19). The van der Waals surface area contributed by atoms with Gasteiger partial charge in [0.05, 0.1) is 19.3 Å². The Balaban J connectivity index is 2.23. The maximum atomic E-state index is 13.3. The number of nitrogens with one attached hydrogen (secondary N) is 1. The van der Waals surface area contributed by atoms with Crippen LogP contribution in [0.3, 0.4) is 0 Å². The van der Waals surface area contributed by atoms with Crippen molar-refractivity contribution in [3.05, 3.63) is 0 Å². The highest BCUT2D eigenvalue weighted by molar-refractivity contribution is 5.85. The second-order valence-corrected chi connectivity index (χ2v) is 5.47. The van der Waals surface area contributed by atoms with E-state index in [1.165, 1.54) is 7.05 Å². The fourth-order valence-electron chi connectivity index (χ4n) is 2.89. The number of alkyl halides is 3. The number of halogens is 3. The highest BCUT2D eigenvalue weighted by atomic mass is 19.4. The van der Waals surface area contributed by atoms with Gasteiger partial charge in [0, 0.05) is 13.6 Å². The predicted octanol–water partition coefficient (Wildman–Crippen LogP) is 0.0864. The third-order valence-electron chi connectivity index (χ3n) is 4.29. The molecule has 0 bridgehead atoms. The van der Waals surface area contributed by atoms with Crippen LogP contribution in [0.25, 0.3) is 0 Å². The van der Waals surface area contributed by atoms with Crippen molar-refractivity contribution in [3.63, 3.8) is 0 Å². The van der Waals surface area contributed by atoms with Gasteiger partial charge in [0.15, 0.2) is 5.41 Å². The highest BCUT2D eigenvalue weighted by Gasteiger charge is 2.63. The Morgan fingerprint density at radius 1 is 1.38 bits per heavy atom. The first kappa shape index (κ1) is 16.0. The highest BCUT2D eigenvalue weighted by Crippen LogP contribution is 2.44. The van der Waals surface area contributed by atoms with Crippen LogP contribution in [-0.2, 0) is 14.3 Å². The lowest BCUT2D eigenvalue weighted by Crippen LogP contribution is -2.56. The third kappa shape index (κ3) is 2.59. The van der Waals surface area contributed by atoms with Crippen LogP contribution < -0.4 is 5.32 Å². The molecule has 2 heterocycles. The molecule has 120 valence electrons. The number of likely N-dealkylation sites (N-methyl/N-ethyl adjacent to an activating group) is 1. The number of nitrogens with zero attached hydrogens (tertiary/aromatic N) is 1. The first-order chi connectivity index (χ1) is 9.71. The summed E-state index contributed by atoms with van der Waals surface area (Å²) in [4.78, 5) is 24.4. The van der Waals surface area contributed by atoms with Gasteiger partial charge in [-0.15, -0.1) is 0 Å². The summed E-state index contributed by atoms with van der Waals surface area (Å²) in [5.74, 6) is -3.27. The molecule has 2 rings (SSSR count). The van der Waals surface area contributed by atoms with Crippen LogP contribution in [0.4, 0.5) is 13.2 Å². The number of carboxylic acids is 1. The smallest absolute Gasteiger partial charge is 0.404 e. The van der Waals surface area contributed by atoms with Gasteiger partial charge in [0.25, 0.3) is 0 Å². The molecule has 0 aromatic rings. The molecule has 2 fully saturated rings. The van der Waals surface area contributed by atoms with Gasteiger partial charge >= 0.3 is 12.1 Å². The number of hydrogen-bond acceptors (Lipinski definition) is 4. The summed E-state index contributed by atoms with van der Waals surface area (Å²) in [6.07, 6.45) is -5.02. The van der Waals surface area contributed by atoms with Gasteiger partial charge in [0.2, 0.25) is 5.91 Å². The zero-order chi connectivity index (χ0) is 15.8.